The lowest BCUT2D eigenvalue weighted by molar-refractivity contribution is -0.115. The zero-order chi connectivity index (χ0) is 18.5. The van der Waals surface area contributed by atoms with Crippen LogP contribution in [0, 0.1) is 0 Å². The first kappa shape index (κ1) is 17.7. The fraction of sp³-hybridized carbons (Fsp3) is 0.292. The number of hydrogen-bond donors (Lipinski definition) is 1. The first-order chi connectivity index (χ1) is 13.3. The van der Waals surface area contributed by atoms with Crippen LogP contribution in [-0.4, -0.2) is 23.9 Å². The Morgan fingerprint density at radius 2 is 1.63 bits per heavy atom. The molecule has 1 saturated heterocycles. The second kappa shape index (κ2) is 8.36. The van der Waals surface area contributed by atoms with Gasteiger partial charge in [0.15, 0.2) is 0 Å². The van der Waals surface area contributed by atoms with Crippen molar-refractivity contribution in [1.29, 1.82) is 0 Å². The summed E-state index contributed by atoms with van der Waals surface area (Å²) in [5.41, 5.74) is 3.19. The number of benzene rings is 3. The lowest BCUT2D eigenvalue weighted by atomic mass is 10.0. The molecule has 1 N–H and O–H groups in total. The second-order valence-corrected chi connectivity index (χ2v) is 7.44. The van der Waals surface area contributed by atoms with Crippen LogP contribution in [0.25, 0.3) is 10.8 Å². The average molecular weight is 358 g/mol. The summed E-state index contributed by atoms with van der Waals surface area (Å²) in [5.74, 6) is 0.0282. The molecule has 0 aromatic heterocycles. The number of hydrogen-bond acceptors (Lipinski definition) is 2. The number of fused-ring (bicyclic) bond motifs is 1. The quantitative estimate of drug-likeness (QED) is 0.695. The van der Waals surface area contributed by atoms with E-state index >= 15 is 0 Å². The Morgan fingerprint density at radius 3 is 2.48 bits per heavy atom. The number of rotatable bonds is 5. The molecule has 1 aliphatic rings. The van der Waals surface area contributed by atoms with E-state index in [4.69, 9.17) is 0 Å². The molecule has 3 aromatic rings. The molecule has 1 aliphatic heterocycles. The molecule has 1 fully saturated rings. The summed E-state index contributed by atoms with van der Waals surface area (Å²) in [4.78, 5) is 15.0. The number of nitrogens with zero attached hydrogens (tertiary/aromatic N) is 1. The average Bonchev–Trinajstić information content (AvgIpc) is 2.69. The van der Waals surface area contributed by atoms with Gasteiger partial charge in [-0.05, 0) is 60.0 Å². The van der Waals surface area contributed by atoms with Gasteiger partial charge in [0, 0.05) is 12.2 Å². The third-order valence-corrected chi connectivity index (χ3v) is 5.24. The number of nitrogens with one attached hydrogen (secondary N) is 1. The molecule has 3 heteroatoms. The number of likely N-dealkylation sites (tertiary alicyclic amines) is 1. The second-order valence-electron chi connectivity index (χ2n) is 7.44. The van der Waals surface area contributed by atoms with E-state index in [2.05, 4.69) is 46.6 Å². The van der Waals surface area contributed by atoms with Gasteiger partial charge in [0.25, 0.3) is 0 Å². The Morgan fingerprint density at radius 1 is 0.815 bits per heavy atom. The zero-order valence-electron chi connectivity index (χ0n) is 15.7. The third kappa shape index (κ3) is 4.75. The zero-order valence-corrected chi connectivity index (χ0v) is 15.7. The Hall–Kier alpha value is -2.65. The minimum absolute atomic E-state index is 0.0282. The molecule has 138 valence electrons. The van der Waals surface area contributed by atoms with E-state index in [0.29, 0.717) is 6.42 Å². The maximum atomic E-state index is 12.5. The fourth-order valence-electron chi connectivity index (χ4n) is 3.86. The molecule has 0 atom stereocenters. The highest BCUT2D eigenvalue weighted by Crippen LogP contribution is 2.18. The minimum atomic E-state index is 0.0282. The monoisotopic (exact) mass is 358 g/mol. The summed E-state index contributed by atoms with van der Waals surface area (Å²) in [6, 6.07) is 22.7. The minimum Gasteiger partial charge on any atom is -0.326 e. The van der Waals surface area contributed by atoms with Gasteiger partial charge in [-0.1, -0.05) is 61.0 Å². The SMILES string of the molecule is O=C(Cc1ccc2ccccc2c1)Nc1cccc(CN2CCCCC2)c1. The van der Waals surface area contributed by atoms with Crippen LogP contribution in [0.2, 0.25) is 0 Å². The van der Waals surface area contributed by atoms with Gasteiger partial charge >= 0.3 is 0 Å². The van der Waals surface area contributed by atoms with E-state index < -0.39 is 0 Å². The molecule has 1 heterocycles. The van der Waals surface area contributed by atoms with Gasteiger partial charge in [-0.25, -0.2) is 0 Å². The first-order valence-electron chi connectivity index (χ1n) is 9.85. The summed E-state index contributed by atoms with van der Waals surface area (Å²) in [6.45, 7) is 3.32. The number of amides is 1. The molecule has 3 aromatic carbocycles. The number of carbonyl (C=O) groups excluding carboxylic acids is 1. The van der Waals surface area contributed by atoms with Crippen LogP contribution in [0.5, 0.6) is 0 Å². The highest BCUT2D eigenvalue weighted by molar-refractivity contribution is 5.93. The van der Waals surface area contributed by atoms with E-state index in [1.165, 1.54) is 48.7 Å². The van der Waals surface area contributed by atoms with Crippen molar-refractivity contribution in [1.82, 2.24) is 4.90 Å². The van der Waals surface area contributed by atoms with Crippen LogP contribution in [0.15, 0.2) is 66.7 Å². The fourth-order valence-corrected chi connectivity index (χ4v) is 3.86. The Labute approximate surface area is 161 Å². The Bertz CT molecular complexity index is 928. The molecule has 0 spiro atoms. The van der Waals surface area contributed by atoms with Gasteiger partial charge in [0.2, 0.25) is 5.91 Å². The van der Waals surface area contributed by atoms with Crippen LogP contribution in [0.1, 0.15) is 30.4 Å². The van der Waals surface area contributed by atoms with Crippen LogP contribution in [0.4, 0.5) is 5.69 Å². The number of carbonyl (C=O) groups is 1. The number of piperidine rings is 1. The Balaban J connectivity index is 1.39. The van der Waals surface area contributed by atoms with Gasteiger partial charge in [-0.15, -0.1) is 0 Å². The van der Waals surface area contributed by atoms with Gasteiger partial charge in [-0.3, -0.25) is 9.69 Å². The molecule has 0 bridgehead atoms. The van der Waals surface area contributed by atoms with E-state index in [-0.39, 0.29) is 5.91 Å². The van der Waals surface area contributed by atoms with Gasteiger partial charge in [0.05, 0.1) is 6.42 Å². The van der Waals surface area contributed by atoms with E-state index in [9.17, 15) is 4.79 Å². The molecular formula is C24H26N2O. The summed E-state index contributed by atoms with van der Waals surface area (Å²) in [7, 11) is 0. The number of anilines is 1. The highest BCUT2D eigenvalue weighted by atomic mass is 16.1. The Kier molecular flexibility index (Phi) is 5.50. The lowest BCUT2D eigenvalue weighted by Crippen LogP contribution is -2.29. The van der Waals surface area contributed by atoms with Crippen molar-refractivity contribution >= 4 is 22.4 Å². The largest absolute Gasteiger partial charge is 0.326 e. The van der Waals surface area contributed by atoms with Crippen molar-refractivity contribution < 1.29 is 4.79 Å². The van der Waals surface area contributed by atoms with Crippen LogP contribution in [0.3, 0.4) is 0 Å². The molecule has 27 heavy (non-hydrogen) atoms. The molecule has 0 unspecified atom stereocenters. The maximum absolute atomic E-state index is 12.5. The predicted molar refractivity (Wildman–Crippen MR) is 112 cm³/mol. The molecule has 0 saturated carbocycles. The molecule has 4 rings (SSSR count). The van der Waals surface area contributed by atoms with Crippen molar-refractivity contribution in [3.8, 4) is 0 Å². The summed E-state index contributed by atoms with van der Waals surface area (Å²) in [5, 5.41) is 5.43. The van der Waals surface area contributed by atoms with Crippen LogP contribution >= 0.6 is 0 Å². The third-order valence-electron chi connectivity index (χ3n) is 5.24. The highest BCUT2D eigenvalue weighted by Gasteiger charge is 2.11. The van der Waals surface area contributed by atoms with Crippen LogP contribution < -0.4 is 5.32 Å². The summed E-state index contributed by atoms with van der Waals surface area (Å²) >= 11 is 0. The predicted octanol–water partition coefficient (Wildman–Crippen LogP) is 5.01. The topological polar surface area (TPSA) is 32.3 Å². The van der Waals surface area contributed by atoms with Gasteiger partial charge < -0.3 is 5.32 Å². The van der Waals surface area contributed by atoms with Crippen molar-refractivity contribution in [3.05, 3.63) is 77.9 Å². The van der Waals surface area contributed by atoms with Crippen LogP contribution in [-0.2, 0) is 17.8 Å². The molecule has 3 nitrogen and oxygen atoms in total. The lowest BCUT2D eigenvalue weighted by Gasteiger charge is -2.26. The maximum Gasteiger partial charge on any atom is 0.228 e. The van der Waals surface area contributed by atoms with Crippen molar-refractivity contribution in [2.45, 2.75) is 32.2 Å². The van der Waals surface area contributed by atoms with Crippen molar-refractivity contribution in [2.24, 2.45) is 0 Å². The van der Waals surface area contributed by atoms with Crippen molar-refractivity contribution in [2.75, 3.05) is 18.4 Å². The summed E-state index contributed by atoms with van der Waals surface area (Å²) in [6.07, 6.45) is 4.33. The van der Waals surface area contributed by atoms with Gasteiger partial charge in [0.1, 0.15) is 0 Å². The molecule has 0 aliphatic carbocycles. The smallest absolute Gasteiger partial charge is 0.228 e. The first-order valence-corrected chi connectivity index (χ1v) is 9.85. The molecule has 0 radical (unpaired) electrons. The van der Waals surface area contributed by atoms with E-state index in [1.54, 1.807) is 0 Å². The molecular weight excluding hydrogens is 332 g/mol. The van der Waals surface area contributed by atoms with Crippen molar-refractivity contribution in [3.63, 3.8) is 0 Å². The van der Waals surface area contributed by atoms with Gasteiger partial charge in [-0.2, -0.15) is 0 Å². The van der Waals surface area contributed by atoms with E-state index in [0.717, 1.165) is 17.8 Å². The summed E-state index contributed by atoms with van der Waals surface area (Å²) < 4.78 is 0. The normalized spacial score (nSPS) is 15.0. The molecule has 1 amide bonds. The van der Waals surface area contributed by atoms with E-state index in [1.807, 2.05) is 30.3 Å². The standard InChI is InChI=1S/C24H26N2O/c27-24(17-19-11-12-21-8-2-3-9-22(21)15-19)25-23-10-6-7-20(16-23)18-26-13-4-1-5-14-26/h2-3,6-12,15-16H,1,4-5,13-14,17-18H2,(H,25,27).